The molecule has 7 nitrogen and oxygen atoms in total. The van der Waals surface area contributed by atoms with Crippen molar-refractivity contribution in [3.05, 3.63) is 40.5 Å². The van der Waals surface area contributed by atoms with E-state index in [0.29, 0.717) is 31.8 Å². The molecule has 0 bridgehead atoms. The van der Waals surface area contributed by atoms with Crippen molar-refractivity contribution < 1.29 is 9.59 Å². The first-order chi connectivity index (χ1) is 14.1. The number of thiazole rings is 1. The van der Waals surface area contributed by atoms with Crippen LogP contribution in [-0.2, 0) is 5.54 Å². The summed E-state index contributed by atoms with van der Waals surface area (Å²) in [5.74, 6) is -0.541. The van der Waals surface area contributed by atoms with Gasteiger partial charge in [-0.3, -0.25) is 14.9 Å². The zero-order chi connectivity index (χ0) is 22.1. The van der Waals surface area contributed by atoms with E-state index in [0.717, 1.165) is 12.8 Å². The van der Waals surface area contributed by atoms with Gasteiger partial charge in [0, 0.05) is 16.6 Å². The van der Waals surface area contributed by atoms with Gasteiger partial charge in [-0.1, -0.05) is 42.9 Å². The van der Waals surface area contributed by atoms with Gasteiger partial charge in [-0.05, 0) is 51.8 Å². The van der Waals surface area contributed by atoms with E-state index < -0.39 is 0 Å². The number of hydrogen-bond donors (Lipinski definition) is 2. The lowest BCUT2D eigenvalue weighted by atomic mass is 10.1. The maximum atomic E-state index is 12.9. The van der Waals surface area contributed by atoms with E-state index in [4.69, 9.17) is 11.6 Å². The predicted molar refractivity (Wildman–Crippen MR) is 122 cm³/mol. The first-order valence-corrected chi connectivity index (χ1v) is 11.1. The lowest BCUT2D eigenvalue weighted by Gasteiger charge is -2.19. The van der Waals surface area contributed by atoms with Gasteiger partial charge in [0.2, 0.25) is 0 Å². The predicted octanol–water partition coefficient (Wildman–Crippen LogP) is 5.07. The molecule has 2 aromatic heterocycles. The third kappa shape index (κ3) is 4.65. The summed E-state index contributed by atoms with van der Waals surface area (Å²) in [5.41, 5.74) is 0.954. The number of benzene rings is 1. The first-order valence-electron chi connectivity index (χ1n) is 9.91. The smallest absolute Gasteiger partial charge is 0.273 e. The number of nitrogens with one attached hydrogen (secondary N) is 2. The van der Waals surface area contributed by atoms with E-state index in [2.05, 4.69) is 20.7 Å². The van der Waals surface area contributed by atoms with Crippen LogP contribution in [0.2, 0.25) is 5.02 Å². The van der Waals surface area contributed by atoms with Gasteiger partial charge in [0.15, 0.2) is 16.5 Å². The molecule has 0 radical (unpaired) electrons. The quantitative estimate of drug-likeness (QED) is 0.551. The van der Waals surface area contributed by atoms with Gasteiger partial charge in [-0.2, -0.15) is 10.1 Å². The minimum Gasteiger partial charge on any atom is -0.348 e. The van der Waals surface area contributed by atoms with Crippen LogP contribution in [0.4, 0.5) is 5.13 Å². The van der Waals surface area contributed by atoms with Gasteiger partial charge in [-0.25, -0.2) is 4.68 Å². The molecule has 9 heteroatoms. The zero-order valence-corrected chi connectivity index (χ0v) is 19.3. The molecule has 0 saturated heterocycles. The number of aromatic nitrogens is 3. The highest BCUT2D eigenvalue weighted by Crippen LogP contribution is 2.32. The number of carbonyl (C=O) groups excluding carboxylic acids is 2. The summed E-state index contributed by atoms with van der Waals surface area (Å²) in [6.45, 7) is 10.0. The molecule has 0 fully saturated rings. The zero-order valence-electron chi connectivity index (χ0n) is 17.7. The maximum absolute atomic E-state index is 12.9. The minimum absolute atomic E-state index is 0.0854. The van der Waals surface area contributed by atoms with Crippen molar-refractivity contribution in [2.45, 2.75) is 59.0 Å². The van der Waals surface area contributed by atoms with Gasteiger partial charge in [0.1, 0.15) is 4.70 Å². The highest BCUT2D eigenvalue weighted by Gasteiger charge is 2.28. The Morgan fingerprint density at radius 2 is 1.90 bits per heavy atom. The number of nitrogens with zero attached hydrogens (tertiary/aromatic N) is 3. The average Bonchev–Trinajstić information content (AvgIpc) is 3.23. The number of fused-ring (bicyclic) bond motifs is 1. The van der Waals surface area contributed by atoms with E-state index in [1.54, 1.807) is 28.9 Å². The fraction of sp³-hybridized carbons (Fsp3) is 0.429. The summed E-state index contributed by atoms with van der Waals surface area (Å²) in [6, 6.07) is 6.78. The van der Waals surface area contributed by atoms with Crippen molar-refractivity contribution in [3.63, 3.8) is 0 Å². The molecule has 0 saturated carbocycles. The summed E-state index contributed by atoms with van der Waals surface area (Å²) in [6.07, 6.45) is 1.68. The molecule has 2 amide bonds. The Balaban J connectivity index is 1.98. The number of halogens is 1. The molecule has 0 aliphatic carbocycles. The Morgan fingerprint density at radius 1 is 1.20 bits per heavy atom. The van der Waals surface area contributed by atoms with Gasteiger partial charge >= 0.3 is 0 Å². The molecular formula is C21H26ClN5O2S. The molecule has 30 heavy (non-hydrogen) atoms. The van der Waals surface area contributed by atoms with E-state index in [1.807, 2.05) is 34.6 Å². The molecule has 0 unspecified atom stereocenters. The van der Waals surface area contributed by atoms with Crippen LogP contribution in [0.3, 0.4) is 0 Å². The Hall–Kier alpha value is -2.45. The second-order valence-corrected chi connectivity index (χ2v) is 9.49. The van der Waals surface area contributed by atoms with Gasteiger partial charge in [0.25, 0.3) is 11.8 Å². The van der Waals surface area contributed by atoms with Crippen LogP contribution < -0.4 is 10.6 Å². The lowest BCUT2D eigenvalue weighted by molar-refractivity contribution is 0.0929. The van der Waals surface area contributed by atoms with E-state index in [-0.39, 0.29) is 23.4 Å². The summed E-state index contributed by atoms with van der Waals surface area (Å²) in [5, 5.41) is 11.3. The summed E-state index contributed by atoms with van der Waals surface area (Å²) in [4.78, 5) is 30.1. The van der Waals surface area contributed by atoms with Crippen molar-refractivity contribution in [1.82, 2.24) is 20.1 Å². The standard InChI is InChI=1S/C21H26ClN5O2S/c1-6-14(7-2)23-19(29)15-16-17(27(26-15)21(3,4)5)24-20(30-16)25-18(28)12-9-8-10-13(22)11-12/h8-11,14H,6-7H2,1-5H3,(H,23,29)(H,24,25,28). The molecule has 0 spiro atoms. The van der Waals surface area contributed by atoms with Crippen molar-refractivity contribution >= 4 is 50.2 Å². The summed E-state index contributed by atoms with van der Waals surface area (Å²) >= 11 is 7.22. The van der Waals surface area contributed by atoms with Crippen molar-refractivity contribution in [1.29, 1.82) is 0 Å². The van der Waals surface area contributed by atoms with Crippen LogP contribution in [0.5, 0.6) is 0 Å². The highest BCUT2D eigenvalue weighted by atomic mass is 35.5. The number of anilines is 1. The minimum atomic E-state index is -0.381. The number of rotatable bonds is 6. The molecule has 0 aliphatic rings. The van der Waals surface area contributed by atoms with Crippen LogP contribution in [0.25, 0.3) is 10.3 Å². The molecule has 3 aromatic rings. The summed E-state index contributed by atoms with van der Waals surface area (Å²) < 4.78 is 2.38. The van der Waals surface area contributed by atoms with Crippen molar-refractivity contribution in [2.75, 3.05) is 5.32 Å². The van der Waals surface area contributed by atoms with Crippen LogP contribution in [0, 0.1) is 0 Å². The van der Waals surface area contributed by atoms with Crippen LogP contribution in [-0.4, -0.2) is 32.6 Å². The maximum Gasteiger partial charge on any atom is 0.273 e. The molecule has 2 N–H and O–H groups in total. The summed E-state index contributed by atoms with van der Waals surface area (Å²) in [7, 11) is 0. The van der Waals surface area contributed by atoms with Gasteiger partial charge < -0.3 is 5.32 Å². The lowest BCUT2D eigenvalue weighted by Crippen LogP contribution is -2.34. The molecular weight excluding hydrogens is 422 g/mol. The monoisotopic (exact) mass is 447 g/mol. The van der Waals surface area contributed by atoms with Gasteiger partial charge in [-0.15, -0.1) is 0 Å². The first kappa shape index (κ1) is 22.2. The average molecular weight is 448 g/mol. The normalized spacial score (nSPS) is 11.8. The van der Waals surface area contributed by atoms with E-state index in [1.165, 1.54) is 11.3 Å². The molecule has 1 aromatic carbocycles. The Bertz CT molecular complexity index is 1080. The number of hydrogen-bond acceptors (Lipinski definition) is 5. The fourth-order valence-corrected chi connectivity index (χ4v) is 4.13. The third-order valence-electron chi connectivity index (χ3n) is 4.70. The second kappa shape index (κ2) is 8.73. The highest BCUT2D eigenvalue weighted by molar-refractivity contribution is 7.22. The largest absolute Gasteiger partial charge is 0.348 e. The third-order valence-corrected chi connectivity index (χ3v) is 5.91. The molecule has 0 atom stereocenters. The SMILES string of the molecule is CCC(CC)NC(=O)c1nn(C(C)(C)C)c2nc(NC(=O)c3cccc(Cl)c3)sc12. The topological polar surface area (TPSA) is 88.9 Å². The molecule has 160 valence electrons. The van der Waals surface area contributed by atoms with Gasteiger partial charge in [0.05, 0.1) is 5.54 Å². The Labute approximate surface area is 184 Å². The Kier molecular flexibility index (Phi) is 6.47. The van der Waals surface area contributed by atoms with Crippen LogP contribution >= 0.6 is 22.9 Å². The van der Waals surface area contributed by atoms with Crippen molar-refractivity contribution in [3.8, 4) is 0 Å². The second-order valence-electron chi connectivity index (χ2n) is 8.05. The van der Waals surface area contributed by atoms with E-state index in [9.17, 15) is 9.59 Å². The fourth-order valence-electron chi connectivity index (χ4n) is 3.02. The number of carbonyl (C=O) groups is 2. The number of amides is 2. The molecule has 3 rings (SSSR count). The van der Waals surface area contributed by atoms with Crippen LogP contribution in [0.1, 0.15) is 68.3 Å². The van der Waals surface area contributed by atoms with E-state index >= 15 is 0 Å². The van der Waals surface area contributed by atoms with Crippen LogP contribution in [0.15, 0.2) is 24.3 Å². The Morgan fingerprint density at radius 3 is 2.50 bits per heavy atom. The molecule has 2 heterocycles. The van der Waals surface area contributed by atoms with Crippen molar-refractivity contribution in [2.24, 2.45) is 0 Å². The molecule has 0 aliphatic heterocycles.